The topological polar surface area (TPSA) is 51.6 Å². The van der Waals surface area contributed by atoms with Crippen LogP contribution in [0.2, 0.25) is 0 Å². The first-order chi connectivity index (χ1) is 22.8. The predicted octanol–water partition coefficient (Wildman–Crippen LogP) is 10.5. The fourth-order valence-corrected chi connectivity index (χ4v) is 6.26. The summed E-state index contributed by atoms with van der Waals surface area (Å²) >= 11 is 0. The van der Waals surface area contributed by atoms with E-state index in [2.05, 4.69) is 133 Å². The molecular formula is C42H26N4. The molecule has 0 saturated heterocycles. The fraction of sp³-hybridized carbons (Fsp3) is 0. The summed E-state index contributed by atoms with van der Waals surface area (Å²) in [7, 11) is 0. The molecule has 0 amide bonds. The monoisotopic (exact) mass is 586 g/mol. The van der Waals surface area contributed by atoms with Crippen LogP contribution in [-0.4, -0.2) is 19.9 Å². The minimum atomic E-state index is 0.709. The molecule has 0 aliphatic heterocycles. The lowest BCUT2D eigenvalue weighted by atomic mass is 10.0. The summed E-state index contributed by atoms with van der Waals surface area (Å²) in [5, 5.41) is 5.47. The van der Waals surface area contributed by atoms with Crippen LogP contribution in [0.4, 0.5) is 0 Å². The molecule has 3 aromatic heterocycles. The van der Waals surface area contributed by atoms with Crippen LogP contribution in [0.5, 0.6) is 0 Å². The number of aromatic nitrogens is 4. The first-order valence-electron chi connectivity index (χ1n) is 15.4. The van der Waals surface area contributed by atoms with Crippen LogP contribution in [0.25, 0.3) is 88.6 Å². The van der Waals surface area contributed by atoms with E-state index in [-0.39, 0.29) is 0 Å². The van der Waals surface area contributed by atoms with Gasteiger partial charge in [-0.15, -0.1) is 0 Å². The molecule has 0 unspecified atom stereocenters. The second-order valence-corrected chi connectivity index (χ2v) is 11.5. The number of nitrogens with zero attached hydrogens (tertiary/aromatic N) is 4. The lowest BCUT2D eigenvalue weighted by Crippen LogP contribution is -1.96. The van der Waals surface area contributed by atoms with Crippen LogP contribution >= 0.6 is 0 Å². The Morgan fingerprint density at radius 3 is 1.61 bits per heavy atom. The summed E-state index contributed by atoms with van der Waals surface area (Å²) in [4.78, 5) is 20.5. The third kappa shape index (κ3) is 4.56. The van der Waals surface area contributed by atoms with Gasteiger partial charge in [-0.05, 0) is 41.1 Å². The van der Waals surface area contributed by atoms with E-state index < -0.39 is 0 Å². The maximum atomic E-state index is 5.21. The Balaban J connectivity index is 1.21. The Morgan fingerprint density at radius 2 is 0.891 bits per heavy atom. The average molecular weight is 587 g/mol. The van der Waals surface area contributed by atoms with E-state index in [0.29, 0.717) is 5.82 Å². The fourth-order valence-electron chi connectivity index (χ4n) is 6.26. The minimum Gasteiger partial charge on any atom is -0.245 e. The summed E-state index contributed by atoms with van der Waals surface area (Å²) in [6.45, 7) is 0. The third-order valence-corrected chi connectivity index (χ3v) is 8.64. The standard InChI is InChI=1S/C42H26N4/c1-3-10-28(11-4-1)36-22-19-30-16-17-31-20-23-37(44-41(31)40(30)43-36)33-21-24-38-35(26-33)39(29-12-5-2-6-13-29)46-42(45-38)34-18-15-27-9-7-8-14-32(27)25-34/h1-26H. The Labute approximate surface area is 265 Å². The van der Waals surface area contributed by atoms with Gasteiger partial charge in [0.1, 0.15) is 0 Å². The van der Waals surface area contributed by atoms with Crippen LogP contribution in [0.3, 0.4) is 0 Å². The second kappa shape index (κ2) is 10.7. The molecule has 0 bridgehead atoms. The molecular weight excluding hydrogens is 560 g/mol. The van der Waals surface area contributed by atoms with Crippen molar-refractivity contribution in [2.24, 2.45) is 0 Å². The van der Waals surface area contributed by atoms with E-state index in [1.54, 1.807) is 0 Å². The molecule has 4 nitrogen and oxygen atoms in total. The highest BCUT2D eigenvalue weighted by molar-refractivity contribution is 6.04. The Bertz CT molecular complexity index is 2580. The molecule has 0 radical (unpaired) electrons. The molecule has 9 rings (SSSR count). The molecule has 0 fully saturated rings. The van der Waals surface area contributed by atoms with Gasteiger partial charge in [0.05, 0.1) is 33.6 Å². The molecule has 0 spiro atoms. The van der Waals surface area contributed by atoms with Crippen molar-refractivity contribution < 1.29 is 0 Å². The summed E-state index contributed by atoms with van der Waals surface area (Å²) in [6, 6.07) is 54.4. The van der Waals surface area contributed by atoms with Gasteiger partial charge in [-0.2, -0.15) is 0 Å². The van der Waals surface area contributed by atoms with Gasteiger partial charge in [0.2, 0.25) is 0 Å². The van der Waals surface area contributed by atoms with Crippen LogP contribution in [0.15, 0.2) is 158 Å². The number of fused-ring (bicyclic) bond motifs is 5. The lowest BCUT2D eigenvalue weighted by molar-refractivity contribution is 1.23. The highest BCUT2D eigenvalue weighted by Gasteiger charge is 2.15. The number of hydrogen-bond donors (Lipinski definition) is 0. The smallest absolute Gasteiger partial charge is 0.160 e. The Morgan fingerprint density at radius 1 is 0.326 bits per heavy atom. The van der Waals surface area contributed by atoms with E-state index in [1.807, 2.05) is 24.3 Å². The van der Waals surface area contributed by atoms with E-state index >= 15 is 0 Å². The van der Waals surface area contributed by atoms with Crippen molar-refractivity contribution in [3.8, 4) is 45.2 Å². The number of pyridine rings is 2. The van der Waals surface area contributed by atoms with Crippen molar-refractivity contribution in [1.82, 2.24) is 19.9 Å². The normalized spacial score (nSPS) is 11.5. The van der Waals surface area contributed by atoms with E-state index in [9.17, 15) is 0 Å². The summed E-state index contributed by atoms with van der Waals surface area (Å²) in [5.74, 6) is 0.709. The summed E-state index contributed by atoms with van der Waals surface area (Å²) in [5.41, 5.74) is 9.52. The molecule has 0 aliphatic carbocycles. The van der Waals surface area contributed by atoms with Gasteiger partial charge < -0.3 is 0 Å². The zero-order valence-electron chi connectivity index (χ0n) is 24.8. The molecule has 0 atom stereocenters. The van der Waals surface area contributed by atoms with Crippen molar-refractivity contribution in [2.75, 3.05) is 0 Å². The molecule has 3 heterocycles. The highest BCUT2D eigenvalue weighted by Crippen LogP contribution is 2.34. The molecule has 0 aliphatic rings. The largest absolute Gasteiger partial charge is 0.245 e. The zero-order chi connectivity index (χ0) is 30.5. The van der Waals surface area contributed by atoms with E-state index in [1.165, 1.54) is 10.8 Å². The predicted molar refractivity (Wildman–Crippen MR) is 189 cm³/mol. The van der Waals surface area contributed by atoms with Crippen molar-refractivity contribution in [2.45, 2.75) is 0 Å². The number of hydrogen-bond acceptors (Lipinski definition) is 4. The maximum Gasteiger partial charge on any atom is 0.160 e. The van der Waals surface area contributed by atoms with Gasteiger partial charge in [0.15, 0.2) is 5.82 Å². The van der Waals surface area contributed by atoms with Crippen LogP contribution < -0.4 is 0 Å². The van der Waals surface area contributed by atoms with Gasteiger partial charge >= 0.3 is 0 Å². The lowest BCUT2D eigenvalue weighted by Gasteiger charge is -2.12. The van der Waals surface area contributed by atoms with E-state index in [0.717, 1.165) is 72.0 Å². The maximum absolute atomic E-state index is 5.21. The average Bonchev–Trinajstić information content (AvgIpc) is 3.14. The van der Waals surface area contributed by atoms with Crippen molar-refractivity contribution in [3.63, 3.8) is 0 Å². The first kappa shape index (κ1) is 26.2. The zero-order valence-corrected chi connectivity index (χ0v) is 24.8. The molecule has 6 aromatic carbocycles. The van der Waals surface area contributed by atoms with Crippen molar-refractivity contribution in [3.05, 3.63) is 158 Å². The van der Waals surface area contributed by atoms with E-state index in [4.69, 9.17) is 19.9 Å². The second-order valence-electron chi connectivity index (χ2n) is 11.5. The van der Waals surface area contributed by atoms with Gasteiger partial charge in [-0.1, -0.05) is 127 Å². The van der Waals surface area contributed by atoms with Gasteiger partial charge in [-0.3, -0.25) is 0 Å². The summed E-state index contributed by atoms with van der Waals surface area (Å²) < 4.78 is 0. The SMILES string of the molecule is c1ccc(-c2ccc3ccc4ccc(-c5ccc6nc(-c7ccc8ccccc8c7)nc(-c7ccccc7)c6c5)nc4c3n2)cc1. The molecule has 4 heteroatoms. The van der Waals surface area contributed by atoms with Crippen molar-refractivity contribution in [1.29, 1.82) is 0 Å². The minimum absolute atomic E-state index is 0.709. The van der Waals surface area contributed by atoms with Gasteiger partial charge in [-0.25, -0.2) is 19.9 Å². The van der Waals surface area contributed by atoms with Crippen LogP contribution in [0, 0.1) is 0 Å². The Hall–Kier alpha value is -6.26. The molecule has 214 valence electrons. The molecule has 0 N–H and O–H groups in total. The first-order valence-corrected chi connectivity index (χ1v) is 15.4. The van der Waals surface area contributed by atoms with Crippen molar-refractivity contribution >= 4 is 43.5 Å². The quantitative estimate of drug-likeness (QED) is 0.193. The van der Waals surface area contributed by atoms with Crippen LogP contribution in [-0.2, 0) is 0 Å². The van der Waals surface area contributed by atoms with Crippen LogP contribution in [0.1, 0.15) is 0 Å². The molecule has 9 aromatic rings. The Kier molecular flexibility index (Phi) is 6.10. The van der Waals surface area contributed by atoms with Gasteiger partial charge in [0.25, 0.3) is 0 Å². The molecule has 46 heavy (non-hydrogen) atoms. The summed E-state index contributed by atoms with van der Waals surface area (Å²) in [6.07, 6.45) is 0. The van der Waals surface area contributed by atoms with Gasteiger partial charge in [0, 0.05) is 38.4 Å². The molecule has 0 saturated carbocycles. The third-order valence-electron chi connectivity index (χ3n) is 8.64. The highest BCUT2D eigenvalue weighted by atomic mass is 14.9. The number of benzene rings is 6. The number of rotatable bonds is 4.